The maximum Gasteiger partial charge on any atom is 0.246 e. The maximum absolute atomic E-state index is 13.1. The molecule has 0 spiro atoms. The normalized spacial score (nSPS) is 21.4. The zero-order valence-corrected chi connectivity index (χ0v) is 17.0. The molecule has 1 unspecified atom stereocenters. The number of hydrogen-bond acceptors (Lipinski definition) is 5. The van der Waals surface area contributed by atoms with Crippen LogP contribution >= 0.6 is 12.4 Å². The Morgan fingerprint density at radius 2 is 1.93 bits per heavy atom. The topological polar surface area (TPSA) is 87.5 Å². The first kappa shape index (κ1) is 20.8. The molecule has 2 aromatic rings. The van der Waals surface area contributed by atoms with Crippen molar-refractivity contribution in [2.24, 2.45) is 0 Å². The molecule has 2 aliphatic heterocycles. The van der Waals surface area contributed by atoms with E-state index in [4.69, 9.17) is 0 Å². The van der Waals surface area contributed by atoms with E-state index < -0.39 is 10.0 Å². The van der Waals surface area contributed by atoms with Crippen LogP contribution in [0.3, 0.4) is 0 Å². The van der Waals surface area contributed by atoms with Crippen LogP contribution in [0, 0.1) is 0 Å². The van der Waals surface area contributed by atoms with Crippen molar-refractivity contribution in [3.05, 3.63) is 42.7 Å². The summed E-state index contributed by atoms with van der Waals surface area (Å²) in [6.45, 7) is 2.51. The van der Waals surface area contributed by atoms with Gasteiger partial charge in [0, 0.05) is 32.2 Å². The first-order chi connectivity index (χ1) is 13.1. The van der Waals surface area contributed by atoms with E-state index in [2.05, 4.69) is 10.4 Å². The van der Waals surface area contributed by atoms with Gasteiger partial charge < -0.3 is 10.2 Å². The predicted octanol–water partition coefficient (Wildman–Crippen LogP) is 0.879. The molecule has 2 fully saturated rings. The molecular formula is C18H24ClN5O3S. The predicted molar refractivity (Wildman–Crippen MR) is 107 cm³/mol. The largest absolute Gasteiger partial charge is 0.336 e. The van der Waals surface area contributed by atoms with Gasteiger partial charge in [-0.3, -0.25) is 4.79 Å². The lowest BCUT2D eigenvalue weighted by molar-refractivity contribution is -0.135. The van der Waals surface area contributed by atoms with Crippen LogP contribution in [-0.4, -0.2) is 72.1 Å². The van der Waals surface area contributed by atoms with E-state index in [1.54, 1.807) is 10.9 Å². The van der Waals surface area contributed by atoms with Crippen LogP contribution < -0.4 is 5.32 Å². The number of amides is 1. The number of carbonyl (C=O) groups excluding carboxylic acids is 1. The molecule has 0 radical (unpaired) electrons. The second-order valence-electron chi connectivity index (χ2n) is 6.88. The zero-order valence-electron chi connectivity index (χ0n) is 15.4. The number of hydrogen-bond donors (Lipinski definition) is 1. The van der Waals surface area contributed by atoms with Crippen LogP contribution in [0.15, 0.2) is 47.6 Å². The van der Waals surface area contributed by atoms with Crippen molar-refractivity contribution in [3.63, 3.8) is 0 Å². The minimum atomic E-state index is -3.64. The van der Waals surface area contributed by atoms with Gasteiger partial charge in [0.1, 0.15) is 4.90 Å². The highest BCUT2D eigenvalue weighted by Gasteiger charge is 2.35. The number of benzene rings is 1. The summed E-state index contributed by atoms with van der Waals surface area (Å²) in [4.78, 5) is 14.2. The number of para-hydroxylation sites is 1. The monoisotopic (exact) mass is 425 g/mol. The third-order valence-corrected chi connectivity index (χ3v) is 6.96. The summed E-state index contributed by atoms with van der Waals surface area (Å²) >= 11 is 0. The average molecular weight is 426 g/mol. The third-order valence-electron chi connectivity index (χ3n) is 5.14. The molecular weight excluding hydrogens is 402 g/mol. The number of sulfonamides is 1. The van der Waals surface area contributed by atoms with E-state index in [9.17, 15) is 13.2 Å². The van der Waals surface area contributed by atoms with Crippen LogP contribution in [0.1, 0.15) is 12.8 Å². The number of halogens is 1. The highest BCUT2D eigenvalue weighted by atomic mass is 35.5. The van der Waals surface area contributed by atoms with Gasteiger partial charge in [-0.15, -0.1) is 12.4 Å². The molecule has 10 heteroatoms. The van der Waals surface area contributed by atoms with Crippen molar-refractivity contribution in [3.8, 4) is 5.69 Å². The van der Waals surface area contributed by atoms with E-state index in [1.807, 2.05) is 35.2 Å². The van der Waals surface area contributed by atoms with Gasteiger partial charge in [-0.1, -0.05) is 18.2 Å². The molecule has 28 heavy (non-hydrogen) atoms. The van der Waals surface area contributed by atoms with Crippen LogP contribution in [0.25, 0.3) is 5.69 Å². The molecule has 2 aliphatic rings. The summed E-state index contributed by atoms with van der Waals surface area (Å²) in [5.74, 6) is 0.0439. The Morgan fingerprint density at radius 3 is 2.68 bits per heavy atom. The number of nitrogens with one attached hydrogen (secondary N) is 1. The quantitative estimate of drug-likeness (QED) is 0.785. The minimum Gasteiger partial charge on any atom is -0.336 e. The number of aromatic nitrogens is 2. The first-order valence-corrected chi connectivity index (χ1v) is 10.6. The number of carbonyl (C=O) groups is 1. The Hall–Kier alpha value is -1.94. The Labute approximate surface area is 171 Å². The van der Waals surface area contributed by atoms with Gasteiger partial charge in [-0.2, -0.15) is 9.40 Å². The summed E-state index contributed by atoms with van der Waals surface area (Å²) in [5, 5.41) is 7.26. The van der Waals surface area contributed by atoms with Gasteiger partial charge in [0.15, 0.2) is 0 Å². The fourth-order valence-electron chi connectivity index (χ4n) is 3.71. The molecule has 1 N–H and O–H groups in total. The van der Waals surface area contributed by atoms with E-state index in [0.717, 1.165) is 25.1 Å². The molecule has 1 aromatic heterocycles. The van der Waals surface area contributed by atoms with E-state index in [-0.39, 0.29) is 29.3 Å². The van der Waals surface area contributed by atoms with Crippen LogP contribution in [0.5, 0.6) is 0 Å². The molecule has 2 saturated heterocycles. The molecule has 4 rings (SSSR count). The number of piperazine rings is 1. The summed E-state index contributed by atoms with van der Waals surface area (Å²) in [5.41, 5.74) is 0.807. The number of piperidine rings is 1. The summed E-state index contributed by atoms with van der Waals surface area (Å²) < 4.78 is 29.2. The third kappa shape index (κ3) is 4.07. The van der Waals surface area contributed by atoms with Crippen molar-refractivity contribution in [2.45, 2.75) is 23.8 Å². The van der Waals surface area contributed by atoms with Gasteiger partial charge in [-0.05, 0) is 25.0 Å². The molecule has 1 atom stereocenters. The Kier molecular flexibility index (Phi) is 6.39. The molecule has 152 valence electrons. The van der Waals surface area contributed by atoms with Gasteiger partial charge >= 0.3 is 0 Å². The van der Waals surface area contributed by atoms with E-state index >= 15 is 0 Å². The SMILES string of the molecule is Cl.O=C1CNCCN1C1CCCN(S(=O)(=O)c2cnn(-c3ccccc3)c2)C1. The fraction of sp³-hybridized carbons (Fsp3) is 0.444. The van der Waals surface area contributed by atoms with Crippen LogP contribution in [-0.2, 0) is 14.8 Å². The van der Waals surface area contributed by atoms with Crippen molar-refractivity contribution < 1.29 is 13.2 Å². The van der Waals surface area contributed by atoms with Gasteiger partial charge in [0.25, 0.3) is 0 Å². The fourth-order valence-corrected chi connectivity index (χ4v) is 5.16. The summed E-state index contributed by atoms with van der Waals surface area (Å²) in [6.07, 6.45) is 4.52. The zero-order chi connectivity index (χ0) is 18.9. The van der Waals surface area contributed by atoms with Crippen LogP contribution in [0.4, 0.5) is 0 Å². The van der Waals surface area contributed by atoms with Crippen molar-refractivity contribution in [1.82, 2.24) is 24.3 Å². The second kappa shape index (κ2) is 8.60. The highest BCUT2D eigenvalue weighted by Crippen LogP contribution is 2.24. The lowest BCUT2D eigenvalue weighted by Gasteiger charge is -2.40. The van der Waals surface area contributed by atoms with Crippen LogP contribution in [0.2, 0.25) is 0 Å². The van der Waals surface area contributed by atoms with Gasteiger partial charge in [0.05, 0.1) is 24.6 Å². The number of rotatable bonds is 4. The Bertz CT molecular complexity index is 918. The number of nitrogens with zero attached hydrogens (tertiary/aromatic N) is 4. The summed E-state index contributed by atoms with van der Waals surface area (Å²) in [7, 11) is -3.64. The van der Waals surface area contributed by atoms with Crippen molar-refractivity contribution >= 4 is 28.3 Å². The van der Waals surface area contributed by atoms with Gasteiger partial charge in [0.2, 0.25) is 15.9 Å². The smallest absolute Gasteiger partial charge is 0.246 e. The minimum absolute atomic E-state index is 0. The average Bonchev–Trinajstić information content (AvgIpc) is 3.20. The van der Waals surface area contributed by atoms with Crippen molar-refractivity contribution in [2.75, 3.05) is 32.7 Å². The molecule has 0 bridgehead atoms. The molecule has 0 saturated carbocycles. The molecule has 1 aromatic carbocycles. The Balaban J connectivity index is 0.00000225. The first-order valence-electron chi connectivity index (χ1n) is 9.16. The molecule has 8 nitrogen and oxygen atoms in total. The standard InChI is InChI=1S/C18H23N5O3S.ClH/c24-18-12-19-8-10-22(18)16-7-4-9-21(13-16)27(25,26)17-11-20-23(14-17)15-5-2-1-3-6-15;/h1-3,5-6,11,14,16,19H,4,7-10,12-13H2;1H. The van der Waals surface area contributed by atoms with Gasteiger partial charge in [-0.25, -0.2) is 13.1 Å². The highest BCUT2D eigenvalue weighted by molar-refractivity contribution is 7.89. The Morgan fingerprint density at radius 1 is 1.14 bits per heavy atom. The maximum atomic E-state index is 13.1. The lowest BCUT2D eigenvalue weighted by Crippen LogP contribution is -2.57. The molecule has 3 heterocycles. The van der Waals surface area contributed by atoms with E-state index in [1.165, 1.54) is 10.5 Å². The van der Waals surface area contributed by atoms with E-state index in [0.29, 0.717) is 26.2 Å². The lowest BCUT2D eigenvalue weighted by atomic mass is 10.1. The summed E-state index contributed by atoms with van der Waals surface area (Å²) in [6, 6.07) is 9.34. The molecule has 0 aliphatic carbocycles. The second-order valence-corrected chi connectivity index (χ2v) is 8.82. The van der Waals surface area contributed by atoms with Crippen molar-refractivity contribution in [1.29, 1.82) is 0 Å². The molecule has 1 amide bonds.